The molecular weight excluding hydrogens is 234 g/mol. The monoisotopic (exact) mass is 257 g/mol. The second kappa shape index (κ2) is 7.20. The maximum Gasteiger partial charge on any atom is 0.325 e. The van der Waals surface area contributed by atoms with E-state index in [4.69, 9.17) is 5.11 Å². The highest BCUT2D eigenvalue weighted by Crippen LogP contribution is 2.10. The van der Waals surface area contributed by atoms with Gasteiger partial charge in [-0.1, -0.05) is 6.92 Å². The zero-order valence-electron chi connectivity index (χ0n) is 11.1. The Labute approximate surface area is 108 Å². The van der Waals surface area contributed by atoms with Crippen molar-refractivity contribution in [3.8, 4) is 0 Å². The summed E-state index contributed by atoms with van der Waals surface area (Å²) in [6, 6.07) is -1.09. The van der Waals surface area contributed by atoms with Gasteiger partial charge in [-0.3, -0.25) is 4.79 Å². The SMILES string of the molecule is CCCN1CCC(NC(=O)N[C@H](C)C(=O)O)CC1. The molecule has 1 aliphatic heterocycles. The Morgan fingerprint density at radius 2 is 2.00 bits per heavy atom. The molecule has 104 valence electrons. The van der Waals surface area contributed by atoms with Crippen molar-refractivity contribution in [1.29, 1.82) is 0 Å². The summed E-state index contributed by atoms with van der Waals surface area (Å²) in [6.07, 6.45) is 3.00. The zero-order chi connectivity index (χ0) is 13.5. The van der Waals surface area contributed by atoms with Crippen LogP contribution >= 0.6 is 0 Å². The van der Waals surface area contributed by atoms with Gasteiger partial charge in [0, 0.05) is 19.1 Å². The van der Waals surface area contributed by atoms with Gasteiger partial charge in [0.25, 0.3) is 0 Å². The predicted octanol–water partition coefficient (Wildman–Crippen LogP) is 0.633. The van der Waals surface area contributed by atoms with E-state index in [0.29, 0.717) is 0 Å². The lowest BCUT2D eigenvalue weighted by molar-refractivity contribution is -0.138. The fraction of sp³-hybridized carbons (Fsp3) is 0.833. The van der Waals surface area contributed by atoms with Crippen LogP contribution in [0.3, 0.4) is 0 Å². The summed E-state index contributed by atoms with van der Waals surface area (Å²) in [4.78, 5) is 24.5. The number of nitrogens with zero attached hydrogens (tertiary/aromatic N) is 1. The van der Waals surface area contributed by atoms with Crippen molar-refractivity contribution >= 4 is 12.0 Å². The maximum absolute atomic E-state index is 11.5. The van der Waals surface area contributed by atoms with Crippen molar-refractivity contribution < 1.29 is 14.7 Å². The quantitative estimate of drug-likeness (QED) is 0.675. The van der Waals surface area contributed by atoms with Crippen molar-refractivity contribution in [3.63, 3.8) is 0 Å². The number of carbonyl (C=O) groups is 2. The summed E-state index contributed by atoms with van der Waals surface area (Å²) in [5, 5.41) is 13.9. The highest BCUT2D eigenvalue weighted by Gasteiger charge is 2.21. The second-order valence-corrected chi connectivity index (χ2v) is 4.79. The van der Waals surface area contributed by atoms with E-state index in [-0.39, 0.29) is 12.1 Å². The molecule has 0 aliphatic carbocycles. The Morgan fingerprint density at radius 3 is 2.50 bits per heavy atom. The Bertz CT molecular complexity index is 288. The van der Waals surface area contributed by atoms with Crippen LogP contribution in [0, 0.1) is 0 Å². The Kier molecular flexibility index (Phi) is 5.91. The molecule has 1 atom stereocenters. The minimum atomic E-state index is -1.03. The van der Waals surface area contributed by atoms with Crippen LogP contribution in [0.2, 0.25) is 0 Å². The third-order valence-corrected chi connectivity index (χ3v) is 3.18. The number of carboxylic acid groups (broad SMARTS) is 1. The van der Waals surface area contributed by atoms with Crippen LogP contribution < -0.4 is 10.6 Å². The molecule has 0 bridgehead atoms. The van der Waals surface area contributed by atoms with E-state index in [1.807, 2.05) is 0 Å². The van der Waals surface area contributed by atoms with E-state index in [9.17, 15) is 9.59 Å². The fourth-order valence-corrected chi connectivity index (χ4v) is 2.10. The van der Waals surface area contributed by atoms with Gasteiger partial charge in [-0.2, -0.15) is 0 Å². The van der Waals surface area contributed by atoms with Crippen molar-refractivity contribution in [2.24, 2.45) is 0 Å². The van der Waals surface area contributed by atoms with Crippen LogP contribution in [-0.4, -0.2) is 53.7 Å². The number of carboxylic acids is 1. The average Bonchev–Trinajstić information content (AvgIpc) is 2.31. The first-order valence-corrected chi connectivity index (χ1v) is 6.55. The zero-order valence-corrected chi connectivity index (χ0v) is 11.1. The molecule has 0 aromatic heterocycles. The molecule has 0 aromatic rings. The van der Waals surface area contributed by atoms with Crippen molar-refractivity contribution in [3.05, 3.63) is 0 Å². The summed E-state index contributed by atoms with van der Waals surface area (Å²) in [7, 11) is 0. The van der Waals surface area contributed by atoms with Gasteiger partial charge in [-0.05, 0) is 32.7 Å². The van der Waals surface area contributed by atoms with Gasteiger partial charge in [0.1, 0.15) is 6.04 Å². The van der Waals surface area contributed by atoms with Crippen LogP contribution in [0.4, 0.5) is 4.79 Å². The molecule has 6 heteroatoms. The molecule has 18 heavy (non-hydrogen) atoms. The number of aliphatic carboxylic acids is 1. The first-order valence-electron chi connectivity index (χ1n) is 6.55. The molecule has 6 nitrogen and oxygen atoms in total. The van der Waals surface area contributed by atoms with Gasteiger partial charge in [-0.15, -0.1) is 0 Å². The molecule has 0 spiro atoms. The van der Waals surface area contributed by atoms with E-state index in [2.05, 4.69) is 22.5 Å². The molecule has 0 saturated carbocycles. The molecule has 1 rings (SSSR count). The number of hydrogen-bond donors (Lipinski definition) is 3. The number of piperidine rings is 1. The van der Waals surface area contributed by atoms with Crippen LogP contribution in [0.5, 0.6) is 0 Å². The largest absolute Gasteiger partial charge is 0.480 e. The van der Waals surface area contributed by atoms with Crippen molar-refractivity contribution in [1.82, 2.24) is 15.5 Å². The Hall–Kier alpha value is -1.30. The molecule has 1 aliphatic rings. The first kappa shape index (κ1) is 14.8. The fourth-order valence-electron chi connectivity index (χ4n) is 2.10. The molecular formula is C12H23N3O3. The molecule has 3 N–H and O–H groups in total. The minimum absolute atomic E-state index is 0.152. The van der Waals surface area contributed by atoms with Crippen LogP contribution in [0.1, 0.15) is 33.1 Å². The predicted molar refractivity (Wildman–Crippen MR) is 68.5 cm³/mol. The van der Waals surface area contributed by atoms with E-state index >= 15 is 0 Å². The summed E-state index contributed by atoms with van der Waals surface area (Å²) in [5.74, 6) is -1.03. The normalized spacial score (nSPS) is 19.2. The van der Waals surface area contributed by atoms with Crippen LogP contribution in [0.15, 0.2) is 0 Å². The summed E-state index contributed by atoms with van der Waals surface area (Å²) < 4.78 is 0. The number of amides is 2. The summed E-state index contributed by atoms with van der Waals surface area (Å²) in [6.45, 7) is 6.70. The number of rotatable bonds is 5. The van der Waals surface area contributed by atoms with Gasteiger partial charge in [0.2, 0.25) is 0 Å². The van der Waals surface area contributed by atoms with Gasteiger partial charge in [0.15, 0.2) is 0 Å². The topological polar surface area (TPSA) is 81.7 Å². The lowest BCUT2D eigenvalue weighted by atomic mass is 10.1. The number of likely N-dealkylation sites (tertiary alicyclic amines) is 1. The van der Waals surface area contributed by atoms with Gasteiger partial charge in [-0.25, -0.2) is 4.79 Å². The average molecular weight is 257 g/mol. The molecule has 1 heterocycles. The van der Waals surface area contributed by atoms with Gasteiger partial charge < -0.3 is 20.6 Å². The van der Waals surface area contributed by atoms with Gasteiger partial charge >= 0.3 is 12.0 Å². The minimum Gasteiger partial charge on any atom is -0.480 e. The highest BCUT2D eigenvalue weighted by molar-refractivity contribution is 5.82. The summed E-state index contributed by atoms with van der Waals surface area (Å²) in [5.41, 5.74) is 0. The number of carbonyl (C=O) groups excluding carboxylic acids is 1. The molecule has 0 aromatic carbocycles. The highest BCUT2D eigenvalue weighted by atomic mass is 16.4. The van der Waals surface area contributed by atoms with E-state index in [1.54, 1.807) is 0 Å². The first-order chi connectivity index (χ1) is 8.52. The maximum atomic E-state index is 11.5. The third kappa shape index (κ3) is 4.91. The van der Waals surface area contributed by atoms with Crippen LogP contribution in [0.25, 0.3) is 0 Å². The number of nitrogens with one attached hydrogen (secondary N) is 2. The standard InChI is InChI=1S/C12H23N3O3/c1-3-6-15-7-4-10(5-8-15)14-12(18)13-9(2)11(16)17/h9-10H,3-8H2,1-2H3,(H,16,17)(H2,13,14,18)/t9-/m1/s1. The summed E-state index contributed by atoms with van der Waals surface area (Å²) >= 11 is 0. The molecule has 2 amide bonds. The molecule has 1 fully saturated rings. The third-order valence-electron chi connectivity index (χ3n) is 3.18. The Morgan fingerprint density at radius 1 is 1.39 bits per heavy atom. The van der Waals surface area contributed by atoms with Gasteiger partial charge in [0.05, 0.1) is 0 Å². The Balaban J connectivity index is 2.24. The lowest BCUT2D eigenvalue weighted by Crippen LogP contribution is -2.51. The van der Waals surface area contributed by atoms with Crippen molar-refractivity contribution in [2.75, 3.05) is 19.6 Å². The molecule has 0 unspecified atom stereocenters. The number of urea groups is 1. The van der Waals surface area contributed by atoms with Crippen molar-refractivity contribution in [2.45, 2.75) is 45.2 Å². The van der Waals surface area contributed by atoms with E-state index in [0.717, 1.165) is 38.9 Å². The smallest absolute Gasteiger partial charge is 0.325 e. The molecule has 1 saturated heterocycles. The van der Waals surface area contributed by atoms with Crippen LogP contribution in [-0.2, 0) is 4.79 Å². The number of hydrogen-bond acceptors (Lipinski definition) is 3. The van der Waals surface area contributed by atoms with E-state index < -0.39 is 12.0 Å². The second-order valence-electron chi connectivity index (χ2n) is 4.79. The van der Waals surface area contributed by atoms with E-state index in [1.165, 1.54) is 6.92 Å². The molecule has 0 radical (unpaired) electrons. The lowest BCUT2D eigenvalue weighted by Gasteiger charge is -2.32.